The number of halogens is 3. The van der Waals surface area contributed by atoms with Crippen molar-refractivity contribution in [1.29, 1.82) is 0 Å². The number of nitrogens with zero attached hydrogens (tertiary/aromatic N) is 4. The van der Waals surface area contributed by atoms with E-state index in [4.69, 9.17) is 4.74 Å². The minimum atomic E-state index is -1.53. The Hall–Kier alpha value is -2.00. The minimum Gasteiger partial charge on any atom is -0.383 e. The van der Waals surface area contributed by atoms with E-state index in [2.05, 4.69) is 20.8 Å². The van der Waals surface area contributed by atoms with Crippen molar-refractivity contribution in [3.63, 3.8) is 0 Å². The molecule has 0 aliphatic heterocycles. The molecular weight excluding hydrogens is 287 g/mol. The Morgan fingerprint density at radius 3 is 2.57 bits per heavy atom. The molecule has 2 rings (SSSR count). The van der Waals surface area contributed by atoms with Crippen LogP contribution in [0.1, 0.15) is 18.8 Å². The Morgan fingerprint density at radius 2 is 1.95 bits per heavy atom. The van der Waals surface area contributed by atoms with Gasteiger partial charge in [0.1, 0.15) is 0 Å². The molecule has 6 nitrogen and oxygen atoms in total. The summed E-state index contributed by atoms with van der Waals surface area (Å²) in [6.45, 7) is 2.83. The predicted octanol–water partition coefficient (Wildman–Crippen LogP) is 1.38. The third-order valence-corrected chi connectivity index (χ3v) is 2.85. The topological polar surface area (TPSA) is 64.9 Å². The van der Waals surface area contributed by atoms with E-state index in [0.717, 1.165) is 16.8 Å². The Labute approximate surface area is 118 Å². The molecule has 0 fully saturated rings. The van der Waals surface area contributed by atoms with E-state index in [0.29, 0.717) is 19.0 Å². The fourth-order valence-corrected chi connectivity index (χ4v) is 1.78. The van der Waals surface area contributed by atoms with Crippen LogP contribution in [0.2, 0.25) is 0 Å². The average molecular weight is 301 g/mol. The summed E-state index contributed by atoms with van der Waals surface area (Å²) in [6, 6.07) is 1.38. The van der Waals surface area contributed by atoms with Crippen LogP contribution in [0.3, 0.4) is 0 Å². The highest BCUT2D eigenvalue weighted by atomic mass is 19.2. The predicted molar refractivity (Wildman–Crippen MR) is 67.3 cm³/mol. The summed E-state index contributed by atoms with van der Waals surface area (Å²) in [7, 11) is 1.57. The smallest absolute Gasteiger partial charge is 0.194 e. The van der Waals surface area contributed by atoms with Crippen LogP contribution in [0.15, 0.2) is 12.1 Å². The number of hydrogen-bond donors (Lipinski definition) is 1. The van der Waals surface area contributed by atoms with Gasteiger partial charge >= 0.3 is 0 Å². The molecule has 0 aliphatic rings. The first-order valence-electron chi connectivity index (χ1n) is 6.20. The zero-order chi connectivity index (χ0) is 15.4. The third-order valence-electron chi connectivity index (χ3n) is 2.85. The van der Waals surface area contributed by atoms with Crippen LogP contribution in [0.4, 0.5) is 13.2 Å². The summed E-state index contributed by atoms with van der Waals surface area (Å²) in [5.41, 5.74) is 0.00629. The molecule has 0 saturated carbocycles. The number of aromatic nitrogens is 4. The third kappa shape index (κ3) is 3.37. The number of hydrogen-bond acceptors (Lipinski definition) is 5. The first-order valence-corrected chi connectivity index (χ1v) is 6.20. The minimum absolute atomic E-state index is 0.00629. The summed E-state index contributed by atoms with van der Waals surface area (Å²) in [5, 5.41) is 14.1. The monoisotopic (exact) mass is 301 g/mol. The Morgan fingerprint density at radius 1 is 1.29 bits per heavy atom. The molecule has 0 bridgehead atoms. The van der Waals surface area contributed by atoms with Crippen LogP contribution in [0.5, 0.6) is 0 Å². The van der Waals surface area contributed by atoms with Gasteiger partial charge in [-0.15, -0.1) is 5.10 Å². The van der Waals surface area contributed by atoms with Crippen molar-refractivity contribution in [2.24, 2.45) is 0 Å². The summed E-state index contributed by atoms with van der Waals surface area (Å²) < 4.78 is 45.6. The Balaban J connectivity index is 2.28. The highest BCUT2D eigenvalue weighted by Crippen LogP contribution is 2.19. The maximum Gasteiger partial charge on any atom is 0.194 e. The summed E-state index contributed by atoms with van der Waals surface area (Å²) in [6.07, 6.45) is 0. The van der Waals surface area contributed by atoms with E-state index >= 15 is 0 Å². The van der Waals surface area contributed by atoms with Gasteiger partial charge in [0.05, 0.1) is 18.3 Å². The summed E-state index contributed by atoms with van der Waals surface area (Å²) >= 11 is 0. The van der Waals surface area contributed by atoms with Gasteiger partial charge in [-0.2, -0.15) is 4.68 Å². The lowest BCUT2D eigenvalue weighted by atomic mass is 10.2. The van der Waals surface area contributed by atoms with E-state index in [1.807, 2.05) is 0 Å². The molecule has 21 heavy (non-hydrogen) atoms. The second-order valence-electron chi connectivity index (χ2n) is 4.34. The molecule has 9 heteroatoms. The number of ether oxygens (including phenoxy) is 1. The number of nitrogens with one attached hydrogen (secondary N) is 1. The molecule has 1 heterocycles. The van der Waals surface area contributed by atoms with Crippen LogP contribution < -0.4 is 5.32 Å². The molecule has 0 aliphatic carbocycles. The van der Waals surface area contributed by atoms with Crippen LogP contribution in [0, 0.1) is 17.5 Å². The quantitative estimate of drug-likeness (QED) is 0.645. The molecule has 1 N–H and O–H groups in total. The van der Waals surface area contributed by atoms with Gasteiger partial charge in [-0.25, -0.2) is 13.2 Å². The van der Waals surface area contributed by atoms with Crippen LogP contribution >= 0.6 is 0 Å². The van der Waals surface area contributed by atoms with Gasteiger partial charge in [0.2, 0.25) is 0 Å². The molecule has 0 radical (unpaired) electrons. The fraction of sp³-hybridized carbons (Fsp3) is 0.417. The number of benzene rings is 1. The summed E-state index contributed by atoms with van der Waals surface area (Å²) in [4.78, 5) is 0. The molecule has 1 aromatic heterocycles. The molecule has 1 aromatic carbocycles. The average Bonchev–Trinajstić information content (AvgIpc) is 2.94. The first kappa shape index (κ1) is 15.4. The molecule has 0 spiro atoms. The van der Waals surface area contributed by atoms with Crippen LogP contribution in [0.25, 0.3) is 5.69 Å². The van der Waals surface area contributed by atoms with Crippen molar-refractivity contribution >= 4 is 0 Å². The number of rotatable bonds is 6. The van der Waals surface area contributed by atoms with Crippen molar-refractivity contribution in [3.05, 3.63) is 35.4 Å². The van der Waals surface area contributed by atoms with E-state index < -0.39 is 17.5 Å². The van der Waals surface area contributed by atoms with Gasteiger partial charge in [0.15, 0.2) is 23.3 Å². The largest absolute Gasteiger partial charge is 0.383 e. The SMILES string of the molecule is COCCNC(C)c1nnnn1-c1cc(F)c(F)c(F)c1. The molecule has 0 amide bonds. The molecule has 0 saturated heterocycles. The lowest BCUT2D eigenvalue weighted by molar-refractivity contribution is 0.196. The standard InChI is InChI=1S/C12H14F3N5O/c1-7(16-3-4-21-2)12-17-18-19-20(12)8-5-9(13)11(15)10(14)6-8/h5-7,16H,3-4H2,1-2H3. The molecule has 114 valence electrons. The summed E-state index contributed by atoms with van der Waals surface area (Å²) in [5.74, 6) is -3.78. The van der Waals surface area contributed by atoms with Gasteiger partial charge < -0.3 is 10.1 Å². The van der Waals surface area contributed by atoms with E-state index in [-0.39, 0.29) is 11.7 Å². The van der Waals surface area contributed by atoms with E-state index in [9.17, 15) is 13.2 Å². The molecule has 1 unspecified atom stereocenters. The van der Waals surface area contributed by atoms with Gasteiger partial charge in [-0.05, 0) is 17.4 Å². The lowest BCUT2D eigenvalue weighted by Crippen LogP contribution is -2.25. The van der Waals surface area contributed by atoms with Crippen LogP contribution in [-0.2, 0) is 4.74 Å². The van der Waals surface area contributed by atoms with Gasteiger partial charge in [-0.3, -0.25) is 0 Å². The van der Waals surface area contributed by atoms with Gasteiger partial charge in [-0.1, -0.05) is 0 Å². The zero-order valence-corrected chi connectivity index (χ0v) is 11.5. The Bertz CT molecular complexity index is 596. The molecule has 1 atom stereocenters. The lowest BCUT2D eigenvalue weighted by Gasteiger charge is -2.13. The first-order chi connectivity index (χ1) is 10.0. The zero-order valence-electron chi connectivity index (χ0n) is 11.5. The highest BCUT2D eigenvalue weighted by Gasteiger charge is 2.18. The van der Waals surface area contributed by atoms with Crippen molar-refractivity contribution in [3.8, 4) is 5.69 Å². The van der Waals surface area contributed by atoms with Crippen molar-refractivity contribution in [2.75, 3.05) is 20.3 Å². The van der Waals surface area contributed by atoms with Crippen molar-refractivity contribution in [1.82, 2.24) is 25.5 Å². The fourth-order valence-electron chi connectivity index (χ4n) is 1.78. The van der Waals surface area contributed by atoms with Crippen molar-refractivity contribution in [2.45, 2.75) is 13.0 Å². The van der Waals surface area contributed by atoms with E-state index in [1.54, 1.807) is 14.0 Å². The molecular formula is C12H14F3N5O. The Kier molecular flexibility index (Phi) is 4.86. The van der Waals surface area contributed by atoms with Crippen LogP contribution in [-0.4, -0.2) is 40.5 Å². The number of methoxy groups -OCH3 is 1. The van der Waals surface area contributed by atoms with E-state index in [1.165, 1.54) is 0 Å². The second-order valence-corrected chi connectivity index (χ2v) is 4.34. The highest BCUT2D eigenvalue weighted by molar-refractivity contribution is 5.33. The normalized spacial score (nSPS) is 12.6. The molecule has 2 aromatic rings. The van der Waals surface area contributed by atoms with Gasteiger partial charge in [0, 0.05) is 25.8 Å². The maximum absolute atomic E-state index is 13.3. The van der Waals surface area contributed by atoms with Crippen molar-refractivity contribution < 1.29 is 17.9 Å². The van der Waals surface area contributed by atoms with Gasteiger partial charge in [0.25, 0.3) is 0 Å². The maximum atomic E-state index is 13.3. The number of tetrazole rings is 1. The second kappa shape index (κ2) is 6.64.